The molecule has 0 aliphatic carbocycles. The summed E-state index contributed by atoms with van der Waals surface area (Å²) in [5, 5.41) is 13.1. The van der Waals surface area contributed by atoms with Gasteiger partial charge in [0.2, 0.25) is 6.61 Å². The van der Waals surface area contributed by atoms with E-state index in [4.69, 9.17) is 14.7 Å². The van der Waals surface area contributed by atoms with Gasteiger partial charge in [0.1, 0.15) is 12.4 Å². The number of benzene rings is 2. The molecule has 3 aromatic rings. The molecular formula is C21H19F3N2O4. The summed E-state index contributed by atoms with van der Waals surface area (Å²) in [6, 6.07) is 10.3. The number of aliphatic carboxylic acids is 1. The first-order valence-corrected chi connectivity index (χ1v) is 9.07. The minimum atomic E-state index is -4.37. The van der Waals surface area contributed by atoms with E-state index in [1.165, 1.54) is 18.3 Å². The Balaban J connectivity index is 1.76. The number of hydrogen-bond acceptors (Lipinski definition) is 4. The highest BCUT2D eigenvalue weighted by molar-refractivity contribution is 5.99. The minimum Gasteiger partial charge on any atom is -0.489 e. The lowest BCUT2D eigenvalue weighted by atomic mass is 10.1. The van der Waals surface area contributed by atoms with Gasteiger partial charge >= 0.3 is 12.1 Å². The zero-order chi connectivity index (χ0) is 21.7. The first-order chi connectivity index (χ1) is 14.3. The molecule has 0 aliphatic heterocycles. The van der Waals surface area contributed by atoms with Gasteiger partial charge in [-0.05, 0) is 42.8 Å². The molecule has 0 bridgehead atoms. The monoisotopic (exact) mass is 420 g/mol. The third-order valence-corrected chi connectivity index (χ3v) is 4.37. The molecule has 1 heterocycles. The molecule has 0 saturated carbocycles. The number of nitrogens with zero attached hydrogens (tertiary/aromatic N) is 2. The van der Waals surface area contributed by atoms with Crippen LogP contribution < -0.4 is 4.74 Å². The Kier molecular flexibility index (Phi) is 6.29. The van der Waals surface area contributed by atoms with Crippen LogP contribution in [0.15, 0.2) is 53.8 Å². The summed E-state index contributed by atoms with van der Waals surface area (Å²) in [6.45, 7) is 2.27. The zero-order valence-corrected chi connectivity index (χ0v) is 16.0. The fourth-order valence-corrected chi connectivity index (χ4v) is 2.90. The number of fused-ring (bicyclic) bond motifs is 1. The Morgan fingerprint density at radius 3 is 2.57 bits per heavy atom. The molecule has 3 rings (SSSR count). The fourth-order valence-electron chi connectivity index (χ4n) is 2.90. The maximum absolute atomic E-state index is 12.7. The standard InChI is InChI=1S/C21H19F3N2O4/c1-2-26-11-15(10-25-30-13-20(27)28)18-9-17(7-8-19(18)26)29-12-14-3-5-16(6-4-14)21(22,23)24/h3-11H,2,12-13H2,1H3,(H,27,28)/b25-10+. The summed E-state index contributed by atoms with van der Waals surface area (Å²) in [4.78, 5) is 15.2. The first-order valence-electron chi connectivity index (χ1n) is 9.07. The SMILES string of the molecule is CCn1cc(/C=N/OCC(=O)O)c2cc(OCc3ccc(C(F)(F)F)cc3)ccc21. The Morgan fingerprint density at radius 1 is 1.20 bits per heavy atom. The van der Waals surface area contributed by atoms with E-state index in [-0.39, 0.29) is 6.61 Å². The second-order valence-corrected chi connectivity index (χ2v) is 6.43. The van der Waals surface area contributed by atoms with E-state index in [1.807, 2.05) is 23.8 Å². The van der Waals surface area contributed by atoms with E-state index < -0.39 is 24.3 Å². The summed E-state index contributed by atoms with van der Waals surface area (Å²) < 4.78 is 45.7. The normalized spacial score (nSPS) is 11.9. The van der Waals surface area contributed by atoms with E-state index in [2.05, 4.69) is 5.16 Å². The number of ether oxygens (including phenoxy) is 1. The van der Waals surface area contributed by atoms with Gasteiger partial charge in [-0.2, -0.15) is 13.2 Å². The molecule has 0 atom stereocenters. The van der Waals surface area contributed by atoms with E-state index in [9.17, 15) is 18.0 Å². The van der Waals surface area contributed by atoms with Crippen molar-refractivity contribution in [1.82, 2.24) is 4.57 Å². The van der Waals surface area contributed by atoms with Crippen molar-refractivity contribution < 1.29 is 32.6 Å². The van der Waals surface area contributed by atoms with Crippen LogP contribution in [-0.2, 0) is 29.0 Å². The average molecular weight is 420 g/mol. The van der Waals surface area contributed by atoms with Crippen molar-refractivity contribution in [2.75, 3.05) is 6.61 Å². The quantitative estimate of drug-likeness (QED) is 0.424. The van der Waals surface area contributed by atoms with Gasteiger partial charge in [0.25, 0.3) is 0 Å². The molecule has 0 unspecified atom stereocenters. The highest BCUT2D eigenvalue weighted by atomic mass is 19.4. The second-order valence-electron chi connectivity index (χ2n) is 6.43. The summed E-state index contributed by atoms with van der Waals surface area (Å²) in [5.41, 5.74) is 1.55. The lowest BCUT2D eigenvalue weighted by Crippen LogP contribution is -2.05. The summed E-state index contributed by atoms with van der Waals surface area (Å²) in [7, 11) is 0. The minimum absolute atomic E-state index is 0.114. The lowest BCUT2D eigenvalue weighted by Gasteiger charge is -2.09. The van der Waals surface area contributed by atoms with Crippen molar-refractivity contribution in [2.45, 2.75) is 26.3 Å². The molecule has 0 fully saturated rings. The number of aromatic nitrogens is 1. The van der Waals surface area contributed by atoms with Gasteiger partial charge in [0.05, 0.1) is 11.8 Å². The Hall–Kier alpha value is -3.49. The molecule has 0 aliphatic rings. The van der Waals surface area contributed by atoms with Crippen LogP contribution in [0.25, 0.3) is 10.9 Å². The number of hydrogen-bond donors (Lipinski definition) is 1. The predicted octanol–water partition coefficient (Wildman–Crippen LogP) is 4.69. The largest absolute Gasteiger partial charge is 0.489 e. The van der Waals surface area contributed by atoms with Crippen LogP contribution in [0.5, 0.6) is 5.75 Å². The number of oxime groups is 1. The third kappa shape index (κ3) is 5.11. The molecule has 1 N–H and O–H groups in total. The molecule has 2 aromatic carbocycles. The number of aryl methyl sites for hydroxylation is 1. The van der Waals surface area contributed by atoms with Gasteiger partial charge in [-0.15, -0.1) is 0 Å². The van der Waals surface area contributed by atoms with Crippen LogP contribution >= 0.6 is 0 Å². The van der Waals surface area contributed by atoms with Gasteiger partial charge in [-0.1, -0.05) is 17.3 Å². The van der Waals surface area contributed by atoms with Gasteiger partial charge in [0.15, 0.2) is 0 Å². The molecular weight excluding hydrogens is 401 g/mol. The van der Waals surface area contributed by atoms with Gasteiger partial charge in [-0.25, -0.2) is 4.79 Å². The first kappa shape index (κ1) is 21.2. The fraction of sp³-hybridized carbons (Fsp3) is 0.238. The van der Waals surface area contributed by atoms with E-state index in [0.717, 1.165) is 28.6 Å². The highest BCUT2D eigenvalue weighted by Crippen LogP contribution is 2.30. The number of carboxylic acids is 1. The van der Waals surface area contributed by atoms with Gasteiger partial charge in [-0.3, -0.25) is 0 Å². The maximum atomic E-state index is 12.7. The Morgan fingerprint density at radius 2 is 1.93 bits per heavy atom. The average Bonchev–Trinajstić information content (AvgIpc) is 3.06. The van der Waals surface area contributed by atoms with Gasteiger partial charge < -0.3 is 19.2 Å². The Labute approximate surface area is 170 Å². The summed E-state index contributed by atoms with van der Waals surface area (Å²) >= 11 is 0. The van der Waals surface area contributed by atoms with E-state index >= 15 is 0 Å². The van der Waals surface area contributed by atoms with Crippen molar-refractivity contribution >= 4 is 23.1 Å². The summed E-state index contributed by atoms with van der Waals surface area (Å²) in [5.74, 6) is -0.584. The van der Waals surface area contributed by atoms with Crippen LogP contribution in [0, 0.1) is 0 Å². The van der Waals surface area contributed by atoms with Crippen LogP contribution in [0.3, 0.4) is 0 Å². The number of carbonyl (C=O) groups is 1. The Bertz CT molecular complexity index is 1060. The molecule has 0 saturated heterocycles. The molecule has 30 heavy (non-hydrogen) atoms. The van der Waals surface area contributed by atoms with Crippen molar-refractivity contribution in [2.24, 2.45) is 5.16 Å². The van der Waals surface area contributed by atoms with Crippen LogP contribution in [-0.4, -0.2) is 28.5 Å². The third-order valence-electron chi connectivity index (χ3n) is 4.37. The maximum Gasteiger partial charge on any atom is 0.416 e. The van der Waals surface area contributed by atoms with Crippen molar-refractivity contribution in [1.29, 1.82) is 0 Å². The predicted molar refractivity (Wildman–Crippen MR) is 105 cm³/mol. The van der Waals surface area contributed by atoms with E-state index in [0.29, 0.717) is 17.9 Å². The number of carboxylic acid groups (broad SMARTS) is 1. The molecule has 0 amide bonds. The zero-order valence-electron chi connectivity index (χ0n) is 16.0. The van der Waals surface area contributed by atoms with Crippen molar-refractivity contribution in [3.05, 3.63) is 65.4 Å². The topological polar surface area (TPSA) is 73.1 Å². The highest BCUT2D eigenvalue weighted by Gasteiger charge is 2.29. The molecule has 158 valence electrons. The van der Waals surface area contributed by atoms with Gasteiger partial charge in [0, 0.05) is 29.2 Å². The van der Waals surface area contributed by atoms with Crippen molar-refractivity contribution in [3.8, 4) is 5.75 Å². The van der Waals surface area contributed by atoms with E-state index in [1.54, 1.807) is 12.1 Å². The molecule has 0 radical (unpaired) electrons. The van der Waals surface area contributed by atoms with Crippen LogP contribution in [0.2, 0.25) is 0 Å². The smallest absolute Gasteiger partial charge is 0.416 e. The second kappa shape index (κ2) is 8.89. The number of halogens is 3. The summed E-state index contributed by atoms with van der Waals surface area (Å²) in [6.07, 6.45) is -1.09. The van der Waals surface area contributed by atoms with Crippen LogP contribution in [0.4, 0.5) is 13.2 Å². The van der Waals surface area contributed by atoms with Crippen LogP contribution in [0.1, 0.15) is 23.6 Å². The number of alkyl halides is 3. The molecule has 1 aromatic heterocycles. The lowest BCUT2D eigenvalue weighted by molar-refractivity contribution is -0.142. The molecule has 0 spiro atoms. The van der Waals surface area contributed by atoms with Crippen molar-refractivity contribution in [3.63, 3.8) is 0 Å². The molecule has 6 nitrogen and oxygen atoms in total. The number of rotatable bonds is 8. The molecule has 9 heteroatoms.